The van der Waals surface area contributed by atoms with Crippen molar-refractivity contribution in [3.63, 3.8) is 0 Å². The topological polar surface area (TPSA) is 21.3 Å². The first kappa shape index (κ1) is 13.9. The SMILES string of the molecule is CCOc1cc(C(C)C)c(C)cc1NC(C)C. The van der Waals surface area contributed by atoms with Crippen LogP contribution in [0.1, 0.15) is 51.7 Å². The lowest BCUT2D eigenvalue weighted by Gasteiger charge is -2.19. The van der Waals surface area contributed by atoms with Gasteiger partial charge in [0.05, 0.1) is 12.3 Å². The molecule has 0 spiro atoms. The predicted octanol–water partition coefficient (Wildman–Crippen LogP) is 4.34. The normalized spacial score (nSPS) is 11.1. The summed E-state index contributed by atoms with van der Waals surface area (Å²) >= 11 is 0. The van der Waals surface area contributed by atoms with Crippen LogP contribution in [0.4, 0.5) is 5.69 Å². The second kappa shape index (κ2) is 5.95. The molecule has 1 rings (SSSR count). The van der Waals surface area contributed by atoms with Crippen LogP contribution < -0.4 is 10.1 Å². The van der Waals surface area contributed by atoms with Gasteiger partial charge in [-0.2, -0.15) is 0 Å². The van der Waals surface area contributed by atoms with Gasteiger partial charge in [0.15, 0.2) is 0 Å². The maximum Gasteiger partial charge on any atom is 0.142 e. The Morgan fingerprint density at radius 3 is 2.29 bits per heavy atom. The molecule has 2 nitrogen and oxygen atoms in total. The number of hydrogen-bond acceptors (Lipinski definition) is 2. The van der Waals surface area contributed by atoms with Crippen molar-refractivity contribution < 1.29 is 4.74 Å². The fourth-order valence-corrected chi connectivity index (χ4v) is 2.02. The van der Waals surface area contributed by atoms with E-state index in [0.29, 0.717) is 18.6 Å². The average molecular weight is 235 g/mol. The Morgan fingerprint density at radius 2 is 1.82 bits per heavy atom. The third kappa shape index (κ3) is 3.65. The molecule has 0 fully saturated rings. The molecule has 0 bridgehead atoms. The standard InChI is InChI=1S/C15H25NO/c1-7-17-15-9-13(10(2)3)12(6)8-14(15)16-11(4)5/h8-11,16H,7H2,1-6H3. The molecule has 2 heteroatoms. The fourth-order valence-electron chi connectivity index (χ4n) is 2.02. The van der Waals surface area contributed by atoms with Gasteiger partial charge in [0.1, 0.15) is 5.75 Å². The van der Waals surface area contributed by atoms with Gasteiger partial charge < -0.3 is 10.1 Å². The lowest BCUT2D eigenvalue weighted by Crippen LogP contribution is -2.12. The minimum Gasteiger partial charge on any atom is -0.492 e. The van der Waals surface area contributed by atoms with Crippen LogP contribution in [-0.2, 0) is 0 Å². The molecule has 0 saturated heterocycles. The largest absolute Gasteiger partial charge is 0.492 e. The monoisotopic (exact) mass is 235 g/mol. The summed E-state index contributed by atoms with van der Waals surface area (Å²) in [4.78, 5) is 0. The van der Waals surface area contributed by atoms with Crippen molar-refractivity contribution in [3.8, 4) is 5.75 Å². The number of nitrogens with one attached hydrogen (secondary N) is 1. The van der Waals surface area contributed by atoms with Crippen molar-refractivity contribution in [1.82, 2.24) is 0 Å². The van der Waals surface area contributed by atoms with Crippen LogP contribution in [0.15, 0.2) is 12.1 Å². The Kier molecular flexibility index (Phi) is 4.86. The quantitative estimate of drug-likeness (QED) is 0.819. The summed E-state index contributed by atoms with van der Waals surface area (Å²) < 4.78 is 5.72. The van der Waals surface area contributed by atoms with Crippen LogP contribution in [0.25, 0.3) is 0 Å². The molecule has 0 aliphatic carbocycles. The van der Waals surface area contributed by atoms with E-state index in [4.69, 9.17) is 4.74 Å². The molecule has 96 valence electrons. The van der Waals surface area contributed by atoms with Crippen LogP contribution in [0.2, 0.25) is 0 Å². The van der Waals surface area contributed by atoms with E-state index in [2.05, 4.69) is 52.1 Å². The van der Waals surface area contributed by atoms with Crippen LogP contribution in [0.5, 0.6) is 5.75 Å². The maximum absolute atomic E-state index is 5.72. The molecule has 1 N–H and O–H groups in total. The van der Waals surface area contributed by atoms with Crippen LogP contribution in [0, 0.1) is 6.92 Å². The number of ether oxygens (including phenoxy) is 1. The third-order valence-corrected chi connectivity index (χ3v) is 2.73. The average Bonchev–Trinajstić information content (AvgIpc) is 2.20. The van der Waals surface area contributed by atoms with E-state index in [-0.39, 0.29) is 0 Å². The zero-order valence-corrected chi connectivity index (χ0v) is 11.9. The molecule has 0 aliphatic heterocycles. The molecule has 17 heavy (non-hydrogen) atoms. The maximum atomic E-state index is 5.72. The first-order valence-electron chi connectivity index (χ1n) is 6.49. The number of rotatable bonds is 5. The first-order chi connectivity index (χ1) is 7.95. The van der Waals surface area contributed by atoms with Gasteiger partial charge in [0, 0.05) is 6.04 Å². The van der Waals surface area contributed by atoms with E-state index in [1.165, 1.54) is 11.1 Å². The molecular weight excluding hydrogens is 210 g/mol. The molecule has 0 aromatic heterocycles. The Labute approximate surface area is 105 Å². The number of aryl methyl sites for hydroxylation is 1. The summed E-state index contributed by atoms with van der Waals surface area (Å²) in [5.41, 5.74) is 3.79. The third-order valence-electron chi connectivity index (χ3n) is 2.73. The molecule has 0 amide bonds. The second-order valence-corrected chi connectivity index (χ2v) is 5.09. The Morgan fingerprint density at radius 1 is 1.18 bits per heavy atom. The molecule has 0 saturated carbocycles. The zero-order chi connectivity index (χ0) is 13.0. The molecule has 1 aromatic carbocycles. The number of anilines is 1. The van der Waals surface area contributed by atoms with Crippen molar-refractivity contribution in [2.24, 2.45) is 0 Å². The molecule has 0 radical (unpaired) electrons. The minimum atomic E-state index is 0.415. The predicted molar refractivity (Wildman–Crippen MR) is 75.2 cm³/mol. The van der Waals surface area contributed by atoms with Gasteiger partial charge in [-0.1, -0.05) is 13.8 Å². The van der Waals surface area contributed by atoms with Gasteiger partial charge in [-0.15, -0.1) is 0 Å². The van der Waals surface area contributed by atoms with Crippen LogP contribution in [0.3, 0.4) is 0 Å². The number of hydrogen-bond donors (Lipinski definition) is 1. The minimum absolute atomic E-state index is 0.415. The highest BCUT2D eigenvalue weighted by molar-refractivity contribution is 5.61. The van der Waals surface area contributed by atoms with E-state index >= 15 is 0 Å². The van der Waals surface area contributed by atoms with E-state index < -0.39 is 0 Å². The van der Waals surface area contributed by atoms with Crippen molar-refractivity contribution in [2.75, 3.05) is 11.9 Å². The second-order valence-electron chi connectivity index (χ2n) is 5.09. The highest BCUT2D eigenvalue weighted by Gasteiger charge is 2.11. The lowest BCUT2D eigenvalue weighted by molar-refractivity contribution is 0.341. The Bertz CT molecular complexity index is 369. The van der Waals surface area contributed by atoms with Gasteiger partial charge in [-0.3, -0.25) is 0 Å². The molecule has 0 aliphatic rings. The molecule has 0 unspecified atom stereocenters. The van der Waals surface area contributed by atoms with Gasteiger partial charge in [-0.05, 0) is 56.9 Å². The van der Waals surface area contributed by atoms with Gasteiger partial charge >= 0.3 is 0 Å². The summed E-state index contributed by atoms with van der Waals surface area (Å²) in [6.07, 6.45) is 0. The molecule has 0 heterocycles. The summed E-state index contributed by atoms with van der Waals surface area (Å²) in [5, 5.41) is 3.44. The summed E-state index contributed by atoms with van der Waals surface area (Å²) in [6.45, 7) is 13.6. The zero-order valence-electron chi connectivity index (χ0n) is 11.9. The Balaban J connectivity index is 3.15. The first-order valence-corrected chi connectivity index (χ1v) is 6.49. The molecule has 1 aromatic rings. The van der Waals surface area contributed by atoms with Crippen molar-refractivity contribution in [3.05, 3.63) is 23.3 Å². The highest BCUT2D eigenvalue weighted by Crippen LogP contribution is 2.32. The number of benzene rings is 1. The summed E-state index contributed by atoms with van der Waals surface area (Å²) in [6, 6.07) is 4.78. The van der Waals surface area contributed by atoms with Gasteiger partial charge in [0.25, 0.3) is 0 Å². The van der Waals surface area contributed by atoms with Crippen LogP contribution in [-0.4, -0.2) is 12.6 Å². The lowest BCUT2D eigenvalue weighted by atomic mass is 9.97. The van der Waals surface area contributed by atoms with E-state index in [9.17, 15) is 0 Å². The van der Waals surface area contributed by atoms with Crippen molar-refractivity contribution in [1.29, 1.82) is 0 Å². The fraction of sp³-hybridized carbons (Fsp3) is 0.600. The van der Waals surface area contributed by atoms with Crippen molar-refractivity contribution >= 4 is 5.69 Å². The summed E-state index contributed by atoms with van der Waals surface area (Å²) in [5.74, 6) is 1.50. The van der Waals surface area contributed by atoms with Gasteiger partial charge in [0.2, 0.25) is 0 Å². The summed E-state index contributed by atoms with van der Waals surface area (Å²) in [7, 11) is 0. The Hall–Kier alpha value is -1.18. The molecular formula is C15H25NO. The smallest absolute Gasteiger partial charge is 0.142 e. The van der Waals surface area contributed by atoms with Crippen molar-refractivity contribution in [2.45, 2.75) is 53.5 Å². The van der Waals surface area contributed by atoms with Gasteiger partial charge in [-0.25, -0.2) is 0 Å². The van der Waals surface area contributed by atoms with Crippen LogP contribution >= 0.6 is 0 Å². The van der Waals surface area contributed by atoms with E-state index in [1.54, 1.807) is 0 Å². The highest BCUT2D eigenvalue weighted by atomic mass is 16.5. The molecule has 0 atom stereocenters. The van der Waals surface area contributed by atoms with E-state index in [0.717, 1.165) is 11.4 Å². The van der Waals surface area contributed by atoms with E-state index in [1.807, 2.05) is 6.92 Å².